The molecule has 0 aliphatic rings. The zero-order valence-corrected chi connectivity index (χ0v) is 17.2. The lowest BCUT2D eigenvalue weighted by atomic mass is 10.1. The lowest BCUT2D eigenvalue weighted by Crippen LogP contribution is -2.15. The Morgan fingerprint density at radius 3 is 2.79 bits per heavy atom. The Morgan fingerprint density at radius 2 is 1.96 bits per heavy atom. The number of aromatic nitrogens is 2. The SMILES string of the molecule is Cc1sc2nc(CSCC(=O)Nc3ccc4ccccc4c3)[nH]c(=O)c2c1C. The fourth-order valence-corrected chi connectivity index (χ4v) is 4.81. The summed E-state index contributed by atoms with van der Waals surface area (Å²) in [6.07, 6.45) is 0. The number of amides is 1. The highest BCUT2D eigenvalue weighted by Gasteiger charge is 2.12. The molecule has 2 heterocycles. The second-order valence-electron chi connectivity index (χ2n) is 6.58. The molecule has 0 atom stereocenters. The zero-order valence-electron chi connectivity index (χ0n) is 15.5. The van der Waals surface area contributed by atoms with Gasteiger partial charge in [-0.15, -0.1) is 23.1 Å². The van der Waals surface area contributed by atoms with E-state index in [9.17, 15) is 9.59 Å². The number of benzene rings is 2. The third-order valence-corrected chi connectivity index (χ3v) is 6.64. The lowest BCUT2D eigenvalue weighted by Gasteiger charge is -2.07. The predicted molar refractivity (Wildman–Crippen MR) is 118 cm³/mol. The highest BCUT2D eigenvalue weighted by molar-refractivity contribution is 7.99. The van der Waals surface area contributed by atoms with Crippen LogP contribution in [0.3, 0.4) is 0 Å². The highest BCUT2D eigenvalue weighted by Crippen LogP contribution is 2.26. The van der Waals surface area contributed by atoms with Gasteiger partial charge in [-0.3, -0.25) is 9.59 Å². The van der Waals surface area contributed by atoms with Gasteiger partial charge >= 0.3 is 0 Å². The van der Waals surface area contributed by atoms with E-state index in [0.29, 0.717) is 17.0 Å². The standard InChI is InChI=1S/C21H19N3O2S2/c1-12-13(2)28-21-19(12)20(26)23-17(24-21)10-27-11-18(25)22-16-8-7-14-5-3-4-6-15(14)9-16/h3-9H,10-11H2,1-2H3,(H,22,25)(H,23,24,26). The fraction of sp³-hybridized carbons (Fsp3) is 0.190. The zero-order chi connectivity index (χ0) is 19.7. The number of rotatable bonds is 5. The number of carbonyl (C=O) groups is 1. The Hall–Kier alpha value is -2.64. The van der Waals surface area contributed by atoms with Crippen molar-refractivity contribution < 1.29 is 4.79 Å². The average Bonchev–Trinajstić information content (AvgIpc) is 2.96. The number of anilines is 1. The van der Waals surface area contributed by atoms with Gasteiger partial charge in [0.2, 0.25) is 5.91 Å². The van der Waals surface area contributed by atoms with Crippen molar-refractivity contribution >= 4 is 55.7 Å². The fourth-order valence-electron chi connectivity index (χ4n) is 3.07. The van der Waals surface area contributed by atoms with Crippen LogP contribution in [0.15, 0.2) is 47.3 Å². The molecular weight excluding hydrogens is 390 g/mol. The van der Waals surface area contributed by atoms with E-state index in [-0.39, 0.29) is 17.2 Å². The molecule has 28 heavy (non-hydrogen) atoms. The van der Waals surface area contributed by atoms with Gasteiger partial charge in [-0.25, -0.2) is 4.98 Å². The second-order valence-corrected chi connectivity index (χ2v) is 8.77. The van der Waals surface area contributed by atoms with Crippen LogP contribution in [0.4, 0.5) is 5.69 Å². The average molecular weight is 410 g/mol. The molecule has 2 aromatic heterocycles. The van der Waals surface area contributed by atoms with E-state index in [2.05, 4.69) is 15.3 Å². The van der Waals surface area contributed by atoms with Crippen LogP contribution in [0.2, 0.25) is 0 Å². The maximum Gasteiger partial charge on any atom is 0.259 e. The predicted octanol–water partition coefficient (Wildman–Crippen LogP) is 4.63. The van der Waals surface area contributed by atoms with Crippen LogP contribution >= 0.6 is 23.1 Å². The first kappa shape index (κ1) is 18.7. The number of H-pyrrole nitrogens is 1. The molecule has 4 rings (SSSR count). The number of fused-ring (bicyclic) bond motifs is 2. The van der Waals surface area contributed by atoms with Crippen molar-refractivity contribution in [1.82, 2.24) is 9.97 Å². The molecule has 0 saturated carbocycles. The van der Waals surface area contributed by atoms with Crippen molar-refractivity contribution in [1.29, 1.82) is 0 Å². The molecule has 0 bridgehead atoms. The number of carbonyl (C=O) groups excluding carboxylic acids is 1. The maximum atomic E-state index is 12.3. The molecule has 7 heteroatoms. The molecule has 5 nitrogen and oxygen atoms in total. The van der Waals surface area contributed by atoms with Gasteiger partial charge in [0.1, 0.15) is 10.7 Å². The number of aryl methyl sites for hydroxylation is 2. The van der Waals surface area contributed by atoms with Crippen molar-refractivity contribution in [3.8, 4) is 0 Å². The van der Waals surface area contributed by atoms with Crippen LogP contribution in [0.1, 0.15) is 16.3 Å². The number of thiophene rings is 1. The van der Waals surface area contributed by atoms with E-state index in [0.717, 1.165) is 31.7 Å². The summed E-state index contributed by atoms with van der Waals surface area (Å²) >= 11 is 2.96. The minimum Gasteiger partial charge on any atom is -0.325 e. The normalized spacial score (nSPS) is 11.2. The van der Waals surface area contributed by atoms with Gasteiger partial charge < -0.3 is 10.3 Å². The number of hydrogen-bond acceptors (Lipinski definition) is 5. The van der Waals surface area contributed by atoms with Crippen molar-refractivity contribution in [2.75, 3.05) is 11.1 Å². The molecule has 2 N–H and O–H groups in total. The smallest absolute Gasteiger partial charge is 0.259 e. The van der Waals surface area contributed by atoms with Crippen LogP contribution in [0.25, 0.3) is 21.0 Å². The van der Waals surface area contributed by atoms with Crippen molar-refractivity contribution in [2.24, 2.45) is 0 Å². The van der Waals surface area contributed by atoms with Crippen LogP contribution in [-0.4, -0.2) is 21.6 Å². The maximum absolute atomic E-state index is 12.3. The third-order valence-electron chi connectivity index (χ3n) is 4.59. The molecule has 142 valence electrons. The van der Waals surface area contributed by atoms with Crippen LogP contribution in [-0.2, 0) is 10.5 Å². The molecule has 0 aliphatic carbocycles. The van der Waals surface area contributed by atoms with E-state index in [1.807, 2.05) is 56.3 Å². The molecule has 0 spiro atoms. The summed E-state index contributed by atoms with van der Waals surface area (Å²) in [5.74, 6) is 1.29. The topological polar surface area (TPSA) is 74.8 Å². The summed E-state index contributed by atoms with van der Waals surface area (Å²) in [6.45, 7) is 3.93. The molecule has 0 unspecified atom stereocenters. The number of nitrogens with one attached hydrogen (secondary N) is 2. The van der Waals surface area contributed by atoms with Gasteiger partial charge in [-0.05, 0) is 42.3 Å². The molecular formula is C21H19N3O2S2. The molecule has 0 radical (unpaired) electrons. The number of aromatic amines is 1. The third kappa shape index (κ3) is 3.81. The Bertz CT molecular complexity index is 1240. The summed E-state index contributed by atoms with van der Waals surface area (Å²) in [4.78, 5) is 33.8. The lowest BCUT2D eigenvalue weighted by molar-refractivity contribution is -0.113. The van der Waals surface area contributed by atoms with Crippen LogP contribution < -0.4 is 10.9 Å². The van der Waals surface area contributed by atoms with Gasteiger partial charge in [-0.1, -0.05) is 30.3 Å². The Balaban J connectivity index is 1.38. The van der Waals surface area contributed by atoms with Crippen molar-refractivity contribution in [3.05, 3.63) is 69.1 Å². The number of hydrogen-bond donors (Lipinski definition) is 2. The van der Waals surface area contributed by atoms with Gasteiger partial charge in [0.25, 0.3) is 5.56 Å². The quantitative estimate of drug-likeness (QED) is 0.504. The first-order valence-electron chi connectivity index (χ1n) is 8.86. The summed E-state index contributed by atoms with van der Waals surface area (Å²) in [7, 11) is 0. The first-order chi connectivity index (χ1) is 13.5. The number of thioether (sulfide) groups is 1. The Morgan fingerprint density at radius 1 is 1.18 bits per heavy atom. The number of nitrogens with zero attached hydrogens (tertiary/aromatic N) is 1. The second kappa shape index (κ2) is 7.77. The first-order valence-corrected chi connectivity index (χ1v) is 10.8. The summed E-state index contributed by atoms with van der Waals surface area (Å²) in [5.41, 5.74) is 1.66. The molecule has 4 aromatic rings. The molecule has 1 amide bonds. The van der Waals surface area contributed by atoms with E-state index >= 15 is 0 Å². The van der Waals surface area contributed by atoms with E-state index in [4.69, 9.17) is 0 Å². The Labute approximate surface area is 170 Å². The van der Waals surface area contributed by atoms with E-state index in [1.165, 1.54) is 23.1 Å². The largest absolute Gasteiger partial charge is 0.325 e. The van der Waals surface area contributed by atoms with Gasteiger partial charge in [0, 0.05) is 10.6 Å². The van der Waals surface area contributed by atoms with Crippen molar-refractivity contribution in [3.63, 3.8) is 0 Å². The minimum atomic E-state index is -0.108. The van der Waals surface area contributed by atoms with Crippen LogP contribution in [0, 0.1) is 13.8 Å². The van der Waals surface area contributed by atoms with E-state index in [1.54, 1.807) is 0 Å². The molecule has 0 aliphatic heterocycles. The minimum absolute atomic E-state index is 0.0773. The molecule has 0 fully saturated rings. The monoisotopic (exact) mass is 409 g/mol. The molecule has 0 saturated heterocycles. The van der Waals surface area contributed by atoms with E-state index < -0.39 is 0 Å². The van der Waals surface area contributed by atoms with Crippen molar-refractivity contribution in [2.45, 2.75) is 19.6 Å². The summed E-state index contributed by atoms with van der Waals surface area (Å²) in [6, 6.07) is 13.9. The van der Waals surface area contributed by atoms with Crippen LogP contribution in [0.5, 0.6) is 0 Å². The Kier molecular flexibility index (Phi) is 5.19. The highest BCUT2D eigenvalue weighted by atomic mass is 32.2. The summed E-state index contributed by atoms with van der Waals surface area (Å²) < 4.78 is 0. The van der Waals surface area contributed by atoms with Gasteiger partial charge in [0.05, 0.1) is 16.9 Å². The van der Waals surface area contributed by atoms with Gasteiger partial charge in [0.15, 0.2) is 0 Å². The molecule has 2 aromatic carbocycles. The summed E-state index contributed by atoms with van der Waals surface area (Å²) in [5, 5.41) is 5.82. The van der Waals surface area contributed by atoms with Gasteiger partial charge in [-0.2, -0.15) is 0 Å².